The average molecular weight is 246 g/mol. The number of para-hydroxylation sites is 1. The molecule has 2 aliphatic rings. The van der Waals surface area contributed by atoms with Crippen molar-refractivity contribution in [3.8, 4) is 5.75 Å². The van der Waals surface area contributed by atoms with Crippen LogP contribution in [-0.4, -0.2) is 30.0 Å². The Morgan fingerprint density at radius 3 is 2.89 bits per heavy atom. The standard InChI is InChI=1S/C14H18N2O2/c1-14(2)7-9-5-4-6-10(12(9)18-14)13-15-11(17)8-16(13)3/h4-6,13H,7-8H2,1-3H3,(H,15,17). The van der Waals surface area contributed by atoms with Gasteiger partial charge < -0.3 is 10.1 Å². The first-order valence-electron chi connectivity index (χ1n) is 6.27. The quantitative estimate of drug-likeness (QED) is 0.815. The Bertz CT molecular complexity index is 511. The highest BCUT2D eigenvalue weighted by Gasteiger charge is 2.36. The van der Waals surface area contributed by atoms with Gasteiger partial charge in [0.1, 0.15) is 17.5 Å². The van der Waals surface area contributed by atoms with Gasteiger partial charge in [-0.25, -0.2) is 0 Å². The van der Waals surface area contributed by atoms with Crippen LogP contribution in [0.5, 0.6) is 5.75 Å². The number of amides is 1. The third kappa shape index (κ3) is 1.77. The Balaban J connectivity index is 2.00. The Hall–Kier alpha value is -1.55. The molecule has 1 aromatic rings. The van der Waals surface area contributed by atoms with E-state index in [9.17, 15) is 4.79 Å². The van der Waals surface area contributed by atoms with Crippen LogP contribution in [0.3, 0.4) is 0 Å². The second kappa shape index (κ2) is 3.72. The Morgan fingerprint density at radius 2 is 2.22 bits per heavy atom. The fraction of sp³-hybridized carbons (Fsp3) is 0.500. The summed E-state index contributed by atoms with van der Waals surface area (Å²) in [6.45, 7) is 4.62. The van der Waals surface area contributed by atoms with E-state index in [1.54, 1.807) is 0 Å². The minimum atomic E-state index is -0.153. The fourth-order valence-electron chi connectivity index (χ4n) is 2.80. The number of nitrogens with zero attached hydrogens (tertiary/aromatic N) is 1. The van der Waals surface area contributed by atoms with Crippen LogP contribution in [0.2, 0.25) is 0 Å². The van der Waals surface area contributed by atoms with Crippen LogP contribution in [0.1, 0.15) is 31.1 Å². The number of rotatable bonds is 1. The van der Waals surface area contributed by atoms with E-state index in [1.807, 2.05) is 24.1 Å². The van der Waals surface area contributed by atoms with Gasteiger partial charge in [0.2, 0.25) is 5.91 Å². The number of carbonyl (C=O) groups is 1. The number of likely N-dealkylation sites (N-methyl/N-ethyl adjacent to an activating group) is 1. The van der Waals surface area contributed by atoms with Gasteiger partial charge in [-0.05, 0) is 26.5 Å². The van der Waals surface area contributed by atoms with Crippen molar-refractivity contribution in [2.24, 2.45) is 0 Å². The number of ether oxygens (including phenoxy) is 1. The SMILES string of the molecule is CN1CC(=O)NC1c1cccc2c1OC(C)(C)C2. The Kier molecular flexibility index (Phi) is 2.38. The first-order valence-corrected chi connectivity index (χ1v) is 6.27. The van der Waals surface area contributed by atoms with E-state index in [0.29, 0.717) is 6.54 Å². The van der Waals surface area contributed by atoms with Gasteiger partial charge in [0.25, 0.3) is 0 Å². The summed E-state index contributed by atoms with van der Waals surface area (Å²) >= 11 is 0. The van der Waals surface area contributed by atoms with E-state index in [2.05, 4.69) is 25.2 Å². The summed E-state index contributed by atoms with van der Waals surface area (Å²) in [4.78, 5) is 13.5. The van der Waals surface area contributed by atoms with Crippen LogP contribution in [0.15, 0.2) is 18.2 Å². The van der Waals surface area contributed by atoms with Crippen LogP contribution in [0.25, 0.3) is 0 Å². The minimum absolute atomic E-state index is 0.0670. The number of fused-ring (bicyclic) bond motifs is 1. The summed E-state index contributed by atoms with van der Waals surface area (Å²) in [6.07, 6.45) is 0.849. The molecule has 1 unspecified atom stereocenters. The molecule has 4 nitrogen and oxygen atoms in total. The molecule has 2 aliphatic heterocycles. The van der Waals surface area contributed by atoms with Gasteiger partial charge in [-0.2, -0.15) is 0 Å². The molecule has 1 saturated heterocycles. The molecule has 1 fully saturated rings. The van der Waals surface area contributed by atoms with Crippen LogP contribution < -0.4 is 10.1 Å². The van der Waals surface area contributed by atoms with Gasteiger partial charge in [-0.3, -0.25) is 9.69 Å². The third-order valence-electron chi connectivity index (χ3n) is 3.55. The molecular weight excluding hydrogens is 228 g/mol. The molecule has 3 rings (SSSR count). The smallest absolute Gasteiger partial charge is 0.235 e. The second-order valence-corrected chi connectivity index (χ2v) is 5.76. The predicted molar refractivity (Wildman–Crippen MR) is 68.4 cm³/mol. The van der Waals surface area contributed by atoms with Gasteiger partial charge in [0, 0.05) is 12.0 Å². The zero-order valence-electron chi connectivity index (χ0n) is 11.0. The monoisotopic (exact) mass is 246 g/mol. The summed E-state index contributed by atoms with van der Waals surface area (Å²) in [5.74, 6) is 1.01. The van der Waals surface area contributed by atoms with Crippen LogP contribution in [-0.2, 0) is 11.2 Å². The van der Waals surface area contributed by atoms with Crippen molar-refractivity contribution < 1.29 is 9.53 Å². The summed E-state index contributed by atoms with van der Waals surface area (Å²) < 4.78 is 6.04. The van der Waals surface area contributed by atoms with Crippen molar-refractivity contribution in [3.63, 3.8) is 0 Å². The van der Waals surface area contributed by atoms with Crippen LogP contribution in [0.4, 0.5) is 0 Å². The minimum Gasteiger partial charge on any atom is -0.487 e. The van der Waals surface area contributed by atoms with Gasteiger partial charge in [0.15, 0.2) is 0 Å². The highest BCUT2D eigenvalue weighted by atomic mass is 16.5. The summed E-state index contributed by atoms with van der Waals surface area (Å²) in [5, 5.41) is 2.98. The molecule has 0 saturated carbocycles. The molecule has 0 radical (unpaired) electrons. The van der Waals surface area contributed by atoms with Gasteiger partial charge in [-0.15, -0.1) is 0 Å². The molecule has 0 aromatic heterocycles. The van der Waals surface area contributed by atoms with E-state index in [1.165, 1.54) is 5.56 Å². The average Bonchev–Trinajstić information content (AvgIpc) is 2.75. The fourth-order valence-corrected chi connectivity index (χ4v) is 2.80. The molecule has 1 aromatic carbocycles. The Morgan fingerprint density at radius 1 is 1.44 bits per heavy atom. The lowest BCUT2D eigenvalue weighted by molar-refractivity contribution is -0.118. The molecule has 0 aliphatic carbocycles. The number of hydrogen-bond acceptors (Lipinski definition) is 3. The van der Waals surface area contributed by atoms with E-state index in [4.69, 9.17) is 4.74 Å². The van der Waals surface area contributed by atoms with Crippen molar-refractivity contribution in [2.75, 3.05) is 13.6 Å². The lowest BCUT2D eigenvalue weighted by Crippen LogP contribution is -2.27. The molecular formula is C14H18N2O2. The maximum Gasteiger partial charge on any atom is 0.235 e. The van der Waals surface area contributed by atoms with Crippen molar-refractivity contribution in [1.82, 2.24) is 10.2 Å². The first-order chi connectivity index (χ1) is 8.46. The lowest BCUT2D eigenvalue weighted by atomic mass is 10.00. The topological polar surface area (TPSA) is 41.6 Å². The third-order valence-corrected chi connectivity index (χ3v) is 3.55. The molecule has 1 N–H and O–H groups in total. The van der Waals surface area contributed by atoms with Gasteiger partial charge in [-0.1, -0.05) is 18.2 Å². The highest BCUT2D eigenvalue weighted by Crippen LogP contribution is 2.41. The molecule has 2 heterocycles. The van der Waals surface area contributed by atoms with Crippen molar-refractivity contribution >= 4 is 5.91 Å². The molecule has 18 heavy (non-hydrogen) atoms. The van der Waals surface area contributed by atoms with Crippen molar-refractivity contribution in [1.29, 1.82) is 0 Å². The molecule has 1 atom stereocenters. The molecule has 1 amide bonds. The van der Waals surface area contributed by atoms with Crippen LogP contribution in [0, 0.1) is 0 Å². The van der Waals surface area contributed by atoms with Gasteiger partial charge >= 0.3 is 0 Å². The zero-order chi connectivity index (χ0) is 12.9. The first kappa shape index (κ1) is 11.5. The molecule has 0 bridgehead atoms. The van der Waals surface area contributed by atoms with Gasteiger partial charge in [0.05, 0.1) is 6.54 Å². The maximum atomic E-state index is 11.5. The molecule has 4 heteroatoms. The van der Waals surface area contributed by atoms with E-state index in [-0.39, 0.29) is 17.7 Å². The Labute approximate surface area is 107 Å². The normalized spacial score (nSPS) is 25.7. The maximum absolute atomic E-state index is 11.5. The van der Waals surface area contributed by atoms with E-state index in [0.717, 1.165) is 17.7 Å². The van der Waals surface area contributed by atoms with Crippen molar-refractivity contribution in [2.45, 2.75) is 32.0 Å². The summed E-state index contributed by atoms with van der Waals surface area (Å²) in [5.41, 5.74) is 2.14. The summed E-state index contributed by atoms with van der Waals surface area (Å²) in [6, 6.07) is 6.18. The predicted octanol–water partition coefficient (Wildman–Crippen LogP) is 1.46. The molecule has 96 valence electrons. The second-order valence-electron chi connectivity index (χ2n) is 5.76. The largest absolute Gasteiger partial charge is 0.487 e. The molecule has 0 spiro atoms. The number of benzene rings is 1. The van der Waals surface area contributed by atoms with Crippen molar-refractivity contribution in [3.05, 3.63) is 29.3 Å². The van der Waals surface area contributed by atoms with Crippen LogP contribution >= 0.6 is 0 Å². The van der Waals surface area contributed by atoms with E-state index < -0.39 is 0 Å². The lowest BCUT2D eigenvalue weighted by Gasteiger charge is -2.23. The number of carbonyl (C=O) groups excluding carboxylic acids is 1. The zero-order valence-corrected chi connectivity index (χ0v) is 11.0. The number of nitrogens with one attached hydrogen (secondary N) is 1. The van der Waals surface area contributed by atoms with E-state index >= 15 is 0 Å². The summed E-state index contributed by atoms with van der Waals surface area (Å²) in [7, 11) is 1.95. The highest BCUT2D eigenvalue weighted by molar-refractivity contribution is 5.80. The number of hydrogen-bond donors (Lipinski definition) is 1.